The highest BCUT2D eigenvalue weighted by atomic mass is 16.5. The second-order valence-electron chi connectivity index (χ2n) is 6.54. The quantitative estimate of drug-likeness (QED) is 0.445. The van der Waals surface area contributed by atoms with Gasteiger partial charge in [0.15, 0.2) is 5.82 Å². The standard InChI is InChI=1S/C23H20N4O4/c24-13-15-27-20(26-19-9-5-4-8-18(19)23(27)30)16-31-22(29)12-14-25-21(28)11-10-17-6-2-1-3-7-17/h1-11H,12,14-16H2,(H,25,28)/b11-10+. The molecular formula is C23H20N4O4. The summed E-state index contributed by atoms with van der Waals surface area (Å²) in [6, 6.07) is 18.0. The van der Waals surface area contributed by atoms with Crippen molar-refractivity contribution in [3.8, 4) is 6.07 Å². The third-order valence-corrected chi connectivity index (χ3v) is 4.39. The smallest absolute Gasteiger partial charge is 0.308 e. The van der Waals surface area contributed by atoms with Gasteiger partial charge < -0.3 is 10.1 Å². The van der Waals surface area contributed by atoms with Gasteiger partial charge in [-0.1, -0.05) is 42.5 Å². The van der Waals surface area contributed by atoms with Crippen molar-refractivity contribution in [3.05, 3.63) is 82.4 Å². The van der Waals surface area contributed by atoms with Crippen LogP contribution >= 0.6 is 0 Å². The Kier molecular flexibility index (Phi) is 7.27. The molecule has 8 heteroatoms. The Labute approximate surface area is 178 Å². The Balaban J connectivity index is 1.54. The lowest BCUT2D eigenvalue weighted by Gasteiger charge is -2.11. The molecule has 156 valence electrons. The van der Waals surface area contributed by atoms with Crippen LogP contribution in [0.2, 0.25) is 0 Å². The summed E-state index contributed by atoms with van der Waals surface area (Å²) in [6.07, 6.45) is 3.02. The fourth-order valence-electron chi connectivity index (χ4n) is 2.86. The number of esters is 1. The van der Waals surface area contributed by atoms with Crippen LogP contribution in [0.4, 0.5) is 0 Å². The van der Waals surface area contributed by atoms with Crippen LogP contribution in [0, 0.1) is 11.3 Å². The first kappa shape index (κ1) is 21.5. The second-order valence-corrected chi connectivity index (χ2v) is 6.54. The number of rotatable bonds is 8. The lowest BCUT2D eigenvalue weighted by molar-refractivity contribution is -0.145. The van der Waals surface area contributed by atoms with Crippen LogP contribution in [0.25, 0.3) is 17.0 Å². The lowest BCUT2D eigenvalue weighted by Crippen LogP contribution is -2.27. The lowest BCUT2D eigenvalue weighted by atomic mass is 10.2. The Morgan fingerprint density at radius 2 is 1.87 bits per heavy atom. The Morgan fingerprint density at radius 3 is 2.65 bits per heavy atom. The topological polar surface area (TPSA) is 114 Å². The number of nitriles is 1. The van der Waals surface area contributed by atoms with E-state index in [2.05, 4.69) is 10.3 Å². The van der Waals surface area contributed by atoms with Crippen LogP contribution in [0.15, 0.2) is 65.5 Å². The molecule has 8 nitrogen and oxygen atoms in total. The highest BCUT2D eigenvalue weighted by Crippen LogP contribution is 2.09. The van der Waals surface area contributed by atoms with Gasteiger partial charge in [-0.05, 0) is 23.8 Å². The van der Waals surface area contributed by atoms with E-state index in [0.717, 1.165) is 5.56 Å². The van der Waals surface area contributed by atoms with E-state index in [1.165, 1.54) is 10.6 Å². The summed E-state index contributed by atoms with van der Waals surface area (Å²) in [5.74, 6) is -0.692. The van der Waals surface area contributed by atoms with Gasteiger partial charge >= 0.3 is 5.97 Å². The maximum atomic E-state index is 12.6. The molecule has 1 N–H and O–H groups in total. The van der Waals surface area contributed by atoms with Crippen molar-refractivity contribution in [2.45, 2.75) is 19.6 Å². The van der Waals surface area contributed by atoms with Crippen molar-refractivity contribution in [1.82, 2.24) is 14.9 Å². The first-order valence-corrected chi connectivity index (χ1v) is 9.60. The summed E-state index contributed by atoms with van der Waals surface area (Å²) in [6.45, 7) is -0.344. The van der Waals surface area contributed by atoms with E-state index in [4.69, 9.17) is 10.00 Å². The van der Waals surface area contributed by atoms with E-state index >= 15 is 0 Å². The Bertz CT molecular complexity index is 1210. The largest absolute Gasteiger partial charge is 0.457 e. The van der Waals surface area contributed by atoms with E-state index in [1.807, 2.05) is 36.4 Å². The molecule has 0 atom stereocenters. The van der Waals surface area contributed by atoms with E-state index < -0.39 is 5.97 Å². The fourth-order valence-corrected chi connectivity index (χ4v) is 2.86. The van der Waals surface area contributed by atoms with Gasteiger partial charge in [0.25, 0.3) is 5.56 Å². The molecule has 0 radical (unpaired) electrons. The monoisotopic (exact) mass is 416 g/mol. The minimum atomic E-state index is -0.557. The molecule has 3 aromatic rings. The highest BCUT2D eigenvalue weighted by Gasteiger charge is 2.13. The number of ether oxygens (including phenoxy) is 1. The van der Waals surface area contributed by atoms with E-state index in [0.29, 0.717) is 10.9 Å². The molecule has 0 aliphatic carbocycles. The maximum Gasteiger partial charge on any atom is 0.308 e. The van der Waals surface area contributed by atoms with Crippen LogP contribution in [-0.4, -0.2) is 28.0 Å². The summed E-state index contributed by atoms with van der Waals surface area (Å²) in [7, 11) is 0. The number of nitrogens with zero attached hydrogens (tertiary/aromatic N) is 3. The SMILES string of the molecule is N#CCn1c(COC(=O)CCNC(=O)/C=C/c2ccccc2)nc2ccccc2c1=O. The van der Waals surface area contributed by atoms with E-state index in [1.54, 1.807) is 30.3 Å². The molecule has 2 aromatic carbocycles. The van der Waals surface area contributed by atoms with Crippen LogP contribution in [0.5, 0.6) is 0 Å². The summed E-state index contributed by atoms with van der Waals surface area (Å²) in [5, 5.41) is 12.0. The normalized spacial score (nSPS) is 10.7. The summed E-state index contributed by atoms with van der Waals surface area (Å²) in [5.41, 5.74) is 0.990. The minimum absolute atomic E-state index is 0.0407. The Morgan fingerprint density at radius 1 is 1.13 bits per heavy atom. The van der Waals surface area contributed by atoms with Crippen molar-refractivity contribution in [1.29, 1.82) is 5.26 Å². The molecule has 1 amide bonds. The minimum Gasteiger partial charge on any atom is -0.457 e. The molecule has 0 aliphatic rings. The number of hydrogen-bond acceptors (Lipinski definition) is 6. The number of nitrogens with one attached hydrogen (secondary N) is 1. The fraction of sp³-hybridized carbons (Fsp3) is 0.174. The number of carbonyl (C=O) groups excluding carboxylic acids is 2. The van der Waals surface area contributed by atoms with Crippen molar-refractivity contribution in [2.24, 2.45) is 0 Å². The number of hydrogen-bond donors (Lipinski definition) is 1. The molecule has 0 spiro atoms. The predicted molar refractivity (Wildman–Crippen MR) is 115 cm³/mol. The number of fused-ring (bicyclic) bond motifs is 1. The molecule has 1 aromatic heterocycles. The molecule has 0 unspecified atom stereocenters. The van der Waals surface area contributed by atoms with Crippen molar-refractivity contribution >= 4 is 28.9 Å². The van der Waals surface area contributed by atoms with Gasteiger partial charge in [0.1, 0.15) is 13.2 Å². The number of aromatic nitrogens is 2. The van der Waals surface area contributed by atoms with Crippen LogP contribution < -0.4 is 10.9 Å². The van der Waals surface area contributed by atoms with Crippen molar-refractivity contribution < 1.29 is 14.3 Å². The van der Waals surface area contributed by atoms with Crippen LogP contribution in [0.1, 0.15) is 17.8 Å². The molecule has 0 fully saturated rings. The molecule has 31 heavy (non-hydrogen) atoms. The molecular weight excluding hydrogens is 396 g/mol. The third-order valence-electron chi connectivity index (χ3n) is 4.39. The average Bonchev–Trinajstić information content (AvgIpc) is 2.79. The number of amides is 1. The molecule has 0 aliphatic heterocycles. The van der Waals surface area contributed by atoms with Crippen molar-refractivity contribution in [2.75, 3.05) is 6.54 Å². The van der Waals surface area contributed by atoms with Gasteiger partial charge in [-0.3, -0.25) is 19.0 Å². The van der Waals surface area contributed by atoms with E-state index in [9.17, 15) is 14.4 Å². The van der Waals surface area contributed by atoms with Gasteiger partial charge in [0.05, 0.1) is 23.4 Å². The first-order chi connectivity index (χ1) is 15.1. The third kappa shape index (κ3) is 5.87. The highest BCUT2D eigenvalue weighted by molar-refractivity contribution is 5.91. The average molecular weight is 416 g/mol. The number of carbonyl (C=O) groups is 2. The summed E-state index contributed by atoms with van der Waals surface area (Å²) >= 11 is 0. The zero-order valence-electron chi connectivity index (χ0n) is 16.7. The molecule has 3 rings (SSSR count). The molecule has 0 saturated heterocycles. The van der Waals surface area contributed by atoms with Gasteiger partial charge in [-0.2, -0.15) is 5.26 Å². The predicted octanol–water partition coefficient (Wildman–Crippen LogP) is 2.18. The molecule has 0 bridgehead atoms. The van der Waals surface area contributed by atoms with Crippen LogP contribution in [-0.2, 0) is 27.5 Å². The zero-order chi connectivity index (χ0) is 22.1. The summed E-state index contributed by atoms with van der Waals surface area (Å²) in [4.78, 5) is 40.8. The molecule has 0 saturated carbocycles. The van der Waals surface area contributed by atoms with Gasteiger partial charge in [-0.15, -0.1) is 0 Å². The number of para-hydroxylation sites is 1. The zero-order valence-corrected chi connectivity index (χ0v) is 16.7. The molecule has 1 heterocycles. The van der Waals surface area contributed by atoms with Gasteiger partial charge in [-0.25, -0.2) is 4.98 Å². The van der Waals surface area contributed by atoms with Gasteiger partial charge in [0, 0.05) is 12.6 Å². The Hall–Kier alpha value is -4.25. The number of benzene rings is 2. The van der Waals surface area contributed by atoms with Crippen LogP contribution in [0.3, 0.4) is 0 Å². The van der Waals surface area contributed by atoms with Gasteiger partial charge in [0.2, 0.25) is 5.91 Å². The second kappa shape index (κ2) is 10.5. The maximum absolute atomic E-state index is 12.6. The van der Waals surface area contributed by atoms with E-state index in [-0.39, 0.29) is 43.4 Å². The first-order valence-electron chi connectivity index (χ1n) is 9.60. The summed E-state index contributed by atoms with van der Waals surface area (Å²) < 4.78 is 6.38. The van der Waals surface area contributed by atoms with Crippen molar-refractivity contribution in [3.63, 3.8) is 0 Å².